The summed E-state index contributed by atoms with van der Waals surface area (Å²) in [5, 5.41) is 3.70. The predicted molar refractivity (Wildman–Crippen MR) is 225 cm³/mol. The highest BCUT2D eigenvalue weighted by Gasteiger charge is 2.46. The van der Waals surface area contributed by atoms with Crippen LogP contribution in [-0.2, 0) is 5.41 Å². The van der Waals surface area contributed by atoms with Crippen molar-refractivity contribution in [3.63, 3.8) is 0 Å². The Morgan fingerprint density at radius 3 is 1.80 bits per heavy atom. The van der Waals surface area contributed by atoms with Gasteiger partial charge in [-0.05, 0) is 106 Å². The molecule has 0 amide bonds. The molecule has 10 aromatic rings. The molecule has 1 N–H and O–H groups in total. The van der Waals surface area contributed by atoms with Gasteiger partial charge in [0, 0.05) is 56.1 Å². The van der Waals surface area contributed by atoms with Crippen LogP contribution in [0.3, 0.4) is 0 Å². The number of aromatic amines is 1. The van der Waals surface area contributed by atoms with Crippen molar-refractivity contribution in [1.82, 2.24) is 9.55 Å². The average molecular weight is 690 g/mol. The highest BCUT2D eigenvalue weighted by Crippen LogP contribution is 2.57. The van der Waals surface area contributed by atoms with Crippen molar-refractivity contribution >= 4 is 49.8 Å². The summed E-state index contributed by atoms with van der Waals surface area (Å²) in [6, 6.07) is 73.1. The van der Waals surface area contributed by atoms with E-state index in [2.05, 4.69) is 221 Å². The maximum absolute atomic E-state index is 3.60. The fraction of sp³-hybridized carbons (Fsp3) is 0.0196. The largest absolute Gasteiger partial charge is 0.354 e. The van der Waals surface area contributed by atoms with Gasteiger partial charge < -0.3 is 14.5 Å². The molecule has 2 aromatic heterocycles. The van der Waals surface area contributed by atoms with E-state index in [9.17, 15) is 0 Å². The summed E-state index contributed by atoms with van der Waals surface area (Å²) in [5.41, 5.74) is 15.2. The molecule has 0 radical (unpaired) electrons. The lowest BCUT2D eigenvalue weighted by atomic mass is 9.67. The standard InChI is InChI=1S/C51H35N3/c1-4-14-36(15-5-1)51(37-16-6-2-7-17-37)46-22-12-10-20-42(46)43-29-28-41(33-47(43)51)54(39-18-8-3-9-19-39)40-26-24-38(25-27-40)53-31-30-35-32-49-45(34-50(35)53)44-21-11-13-23-48(44)52-49/h1-34,52H. The molecule has 3 heteroatoms. The molecular weight excluding hydrogens is 655 g/mol. The smallest absolute Gasteiger partial charge is 0.0714 e. The van der Waals surface area contributed by atoms with Crippen molar-refractivity contribution in [2.45, 2.75) is 5.41 Å². The van der Waals surface area contributed by atoms with Crippen LogP contribution in [0.15, 0.2) is 206 Å². The van der Waals surface area contributed by atoms with E-state index in [1.807, 2.05) is 0 Å². The Bertz CT molecular complexity index is 2930. The second kappa shape index (κ2) is 12.0. The number of rotatable bonds is 6. The predicted octanol–water partition coefficient (Wildman–Crippen LogP) is 13.1. The van der Waals surface area contributed by atoms with Crippen LogP contribution in [0.1, 0.15) is 22.3 Å². The molecule has 3 nitrogen and oxygen atoms in total. The highest BCUT2D eigenvalue weighted by molar-refractivity contribution is 6.11. The molecule has 0 saturated carbocycles. The van der Waals surface area contributed by atoms with Gasteiger partial charge in [-0.15, -0.1) is 0 Å². The number of H-pyrrole nitrogens is 1. The molecule has 54 heavy (non-hydrogen) atoms. The van der Waals surface area contributed by atoms with Crippen LogP contribution >= 0.6 is 0 Å². The first kappa shape index (κ1) is 30.5. The number of anilines is 3. The minimum absolute atomic E-state index is 0.470. The van der Waals surface area contributed by atoms with Crippen molar-refractivity contribution in [2.24, 2.45) is 0 Å². The molecule has 11 rings (SSSR count). The van der Waals surface area contributed by atoms with Crippen molar-refractivity contribution in [3.05, 3.63) is 229 Å². The van der Waals surface area contributed by atoms with Crippen molar-refractivity contribution in [2.75, 3.05) is 4.90 Å². The van der Waals surface area contributed by atoms with Crippen LogP contribution in [0.4, 0.5) is 17.1 Å². The van der Waals surface area contributed by atoms with Crippen molar-refractivity contribution < 1.29 is 0 Å². The van der Waals surface area contributed by atoms with E-state index in [4.69, 9.17) is 0 Å². The molecule has 0 bridgehead atoms. The topological polar surface area (TPSA) is 24.0 Å². The van der Waals surface area contributed by atoms with Crippen molar-refractivity contribution in [1.29, 1.82) is 0 Å². The summed E-state index contributed by atoms with van der Waals surface area (Å²) in [4.78, 5) is 5.99. The zero-order valence-corrected chi connectivity index (χ0v) is 29.5. The van der Waals surface area contributed by atoms with Crippen LogP contribution in [0.25, 0.3) is 49.5 Å². The molecule has 0 fully saturated rings. The van der Waals surface area contributed by atoms with Crippen LogP contribution < -0.4 is 4.90 Å². The Morgan fingerprint density at radius 2 is 1.04 bits per heavy atom. The number of nitrogens with one attached hydrogen (secondary N) is 1. The number of benzene rings is 8. The van der Waals surface area contributed by atoms with E-state index >= 15 is 0 Å². The molecular formula is C51H35N3. The number of nitrogens with zero attached hydrogens (tertiary/aromatic N) is 2. The molecule has 0 unspecified atom stereocenters. The fourth-order valence-corrected chi connectivity index (χ4v) is 9.06. The lowest BCUT2D eigenvalue weighted by Crippen LogP contribution is -2.28. The minimum Gasteiger partial charge on any atom is -0.354 e. The summed E-state index contributed by atoms with van der Waals surface area (Å²) < 4.78 is 2.30. The molecule has 8 aromatic carbocycles. The molecule has 0 spiro atoms. The van der Waals surface area contributed by atoms with E-state index in [-0.39, 0.29) is 0 Å². The lowest BCUT2D eigenvalue weighted by Gasteiger charge is -2.35. The first-order valence-electron chi connectivity index (χ1n) is 18.6. The summed E-state index contributed by atoms with van der Waals surface area (Å²) in [7, 11) is 0. The van der Waals surface area contributed by atoms with Gasteiger partial charge in [-0.1, -0.05) is 127 Å². The number of fused-ring (bicyclic) bond motifs is 7. The van der Waals surface area contributed by atoms with Gasteiger partial charge in [-0.25, -0.2) is 0 Å². The second-order valence-corrected chi connectivity index (χ2v) is 14.3. The number of hydrogen-bond donors (Lipinski definition) is 1. The van der Waals surface area contributed by atoms with Gasteiger partial charge in [0.1, 0.15) is 0 Å². The molecule has 254 valence electrons. The summed E-state index contributed by atoms with van der Waals surface area (Å²) >= 11 is 0. The van der Waals surface area contributed by atoms with Gasteiger partial charge in [0.05, 0.1) is 10.9 Å². The van der Waals surface area contributed by atoms with Gasteiger partial charge >= 0.3 is 0 Å². The molecule has 0 atom stereocenters. The Balaban J connectivity index is 1.07. The second-order valence-electron chi connectivity index (χ2n) is 14.3. The third-order valence-electron chi connectivity index (χ3n) is 11.4. The highest BCUT2D eigenvalue weighted by atomic mass is 15.1. The summed E-state index contributed by atoms with van der Waals surface area (Å²) in [5.74, 6) is 0. The SMILES string of the molecule is c1ccc(N(c2ccc(-n3ccc4cc5[nH]c6ccccc6c5cc43)cc2)c2ccc3c(c2)C(c2ccccc2)(c2ccccc2)c2ccccc2-3)cc1. The van der Waals surface area contributed by atoms with Gasteiger partial charge in [-0.2, -0.15) is 0 Å². The maximum Gasteiger partial charge on any atom is 0.0714 e. The van der Waals surface area contributed by atoms with E-state index < -0.39 is 5.41 Å². The Hall–Kier alpha value is -7.10. The number of hydrogen-bond acceptors (Lipinski definition) is 1. The normalized spacial score (nSPS) is 13.0. The van der Waals surface area contributed by atoms with E-state index in [0.717, 1.165) is 33.8 Å². The first-order chi connectivity index (χ1) is 26.8. The van der Waals surface area contributed by atoms with Crippen LogP contribution in [-0.4, -0.2) is 9.55 Å². The quantitative estimate of drug-likeness (QED) is 0.185. The Labute approximate surface area is 314 Å². The first-order valence-corrected chi connectivity index (χ1v) is 18.6. The molecule has 2 heterocycles. The number of para-hydroxylation sites is 2. The molecule has 0 saturated heterocycles. The van der Waals surface area contributed by atoms with Gasteiger partial charge in [-0.3, -0.25) is 0 Å². The van der Waals surface area contributed by atoms with Crippen LogP contribution in [0, 0.1) is 0 Å². The molecule has 1 aliphatic rings. The lowest BCUT2D eigenvalue weighted by molar-refractivity contribution is 0.768. The zero-order valence-electron chi connectivity index (χ0n) is 29.5. The Morgan fingerprint density at radius 1 is 0.426 bits per heavy atom. The van der Waals surface area contributed by atoms with Gasteiger partial charge in [0.2, 0.25) is 0 Å². The van der Waals surface area contributed by atoms with Gasteiger partial charge in [0.25, 0.3) is 0 Å². The zero-order chi connectivity index (χ0) is 35.6. The van der Waals surface area contributed by atoms with E-state index in [0.29, 0.717) is 0 Å². The third kappa shape index (κ3) is 4.49. The Kier molecular flexibility index (Phi) is 6.77. The van der Waals surface area contributed by atoms with Crippen LogP contribution in [0.5, 0.6) is 0 Å². The van der Waals surface area contributed by atoms with E-state index in [1.54, 1.807) is 0 Å². The van der Waals surface area contributed by atoms with Gasteiger partial charge in [0.15, 0.2) is 0 Å². The molecule has 1 aliphatic carbocycles. The van der Waals surface area contributed by atoms with E-state index in [1.165, 1.54) is 55.1 Å². The van der Waals surface area contributed by atoms with Crippen LogP contribution in [0.2, 0.25) is 0 Å². The van der Waals surface area contributed by atoms with Crippen molar-refractivity contribution in [3.8, 4) is 16.8 Å². The summed E-state index contributed by atoms with van der Waals surface area (Å²) in [6.07, 6.45) is 2.18. The fourth-order valence-electron chi connectivity index (χ4n) is 9.06. The average Bonchev–Trinajstić information content (AvgIpc) is 3.91. The minimum atomic E-state index is -0.470. The third-order valence-corrected chi connectivity index (χ3v) is 11.4. The molecule has 0 aliphatic heterocycles. The maximum atomic E-state index is 3.60. The number of aromatic nitrogens is 2. The summed E-state index contributed by atoms with van der Waals surface area (Å²) in [6.45, 7) is 0. The monoisotopic (exact) mass is 689 g/mol.